The van der Waals surface area contributed by atoms with Crippen molar-refractivity contribution in [2.24, 2.45) is 5.73 Å². The molecule has 0 amide bonds. The largest absolute Gasteiger partial charge is 0.491 e. The Morgan fingerprint density at radius 1 is 1.19 bits per heavy atom. The lowest BCUT2D eigenvalue weighted by atomic mass is 10.1. The highest BCUT2D eigenvalue weighted by Crippen LogP contribution is 2.40. The van der Waals surface area contributed by atoms with E-state index in [0.717, 1.165) is 36.7 Å². The Balaban J connectivity index is 2.06. The van der Waals surface area contributed by atoms with Gasteiger partial charge in [-0.05, 0) is 30.2 Å². The van der Waals surface area contributed by atoms with Crippen LogP contribution in [0.1, 0.15) is 42.8 Å². The maximum atomic E-state index is 13.6. The van der Waals surface area contributed by atoms with E-state index in [9.17, 15) is 13.2 Å². The lowest BCUT2D eigenvalue weighted by Gasteiger charge is -2.15. The molecule has 0 radical (unpaired) electrons. The number of hydrogen-bond acceptors (Lipinski definition) is 8. The van der Waals surface area contributed by atoms with E-state index < -0.39 is 26.4 Å². The summed E-state index contributed by atoms with van der Waals surface area (Å²) >= 11 is 1.10. The summed E-state index contributed by atoms with van der Waals surface area (Å²) < 4.78 is 56.0. The smallest absolute Gasteiger partial charge is 0.419 e. The molecule has 0 spiro atoms. The van der Waals surface area contributed by atoms with Crippen molar-refractivity contribution >= 4 is 19.9 Å². The number of aromatic nitrogens is 1. The third kappa shape index (κ3) is 8.61. The molecule has 1 unspecified atom stereocenters. The normalized spacial score (nSPS) is 13.0. The Morgan fingerprint density at radius 2 is 1.97 bits per heavy atom. The van der Waals surface area contributed by atoms with Gasteiger partial charge in [0.15, 0.2) is 0 Å². The number of unbranched alkanes of at least 4 members (excludes halogenated alkanes) is 2. The fourth-order valence-electron chi connectivity index (χ4n) is 2.61. The van der Waals surface area contributed by atoms with Crippen LogP contribution in [0.5, 0.6) is 5.75 Å². The van der Waals surface area contributed by atoms with Gasteiger partial charge in [-0.25, -0.2) is 4.98 Å². The predicted molar refractivity (Wildman–Crippen MR) is 113 cm³/mol. The first kappa shape index (κ1) is 25.9. The highest BCUT2D eigenvalue weighted by molar-refractivity contribution is 7.39. The summed E-state index contributed by atoms with van der Waals surface area (Å²) in [7, 11) is -2.54. The van der Waals surface area contributed by atoms with Gasteiger partial charge in [-0.1, -0.05) is 19.8 Å². The lowest BCUT2D eigenvalue weighted by molar-refractivity contribution is -0.139. The zero-order valence-corrected chi connectivity index (χ0v) is 18.7. The molecule has 0 saturated heterocycles. The van der Waals surface area contributed by atoms with E-state index in [1.807, 2.05) is 0 Å². The van der Waals surface area contributed by atoms with Gasteiger partial charge >= 0.3 is 14.8 Å². The molecule has 1 aromatic heterocycles. The molecule has 0 bridgehead atoms. The van der Waals surface area contributed by atoms with Crippen LogP contribution in [-0.4, -0.2) is 41.2 Å². The Hall–Kier alpha value is -1.33. The van der Waals surface area contributed by atoms with Crippen LogP contribution in [0.4, 0.5) is 13.2 Å². The highest BCUT2D eigenvalue weighted by atomic mass is 32.1. The van der Waals surface area contributed by atoms with E-state index in [4.69, 9.17) is 25.0 Å². The molecule has 7 nitrogen and oxygen atoms in total. The van der Waals surface area contributed by atoms with Gasteiger partial charge in [0.05, 0.1) is 29.7 Å². The maximum Gasteiger partial charge on any atom is 0.419 e. The standard InChI is InChI=1S/C19H26F3N2O5PS/c1-2-3-4-7-27-8-9-28-16-6-5-13(10-14(16)19(20,21)22)17-11-24-18(31-17)15(23)12-29-30(25)26/h5-6,10-11,15,25-26H,2-4,7-9,12,23H2,1H3. The lowest BCUT2D eigenvalue weighted by Crippen LogP contribution is -2.15. The maximum absolute atomic E-state index is 13.6. The van der Waals surface area contributed by atoms with Crippen molar-refractivity contribution in [3.05, 3.63) is 35.0 Å². The van der Waals surface area contributed by atoms with Gasteiger partial charge in [0.25, 0.3) is 0 Å². The molecule has 0 aliphatic carbocycles. The Bertz CT molecular complexity index is 807. The van der Waals surface area contributed by atoms with Crippen molar-refractivity contribution in [1.82, 2.24) is 4.98 Å². The van der Waals surface area contributed by atoms with Gasteiger partial charge in [-0.3, -0.25) is 0 Å². The van der Waals surface area contributed by atoms with E-state index in [1.165, 1.54) is 18.3 Å². The second-order valence-corrected chi connectivity index (χ2v) is 8.42. The van der Waals surface area contributed by atoms with Crippen LogP contribution >= 0.6 is 19.9 Å². The molecule has 0 aliphatic rings. The second kappa shape index (κ2) is 12.6. The summed E-state index contributed by atoms with van der Waals surface area (Å²) in [5.41, 5.74) is 5.30. The minimum absolute atomic E-state index is 0.0202. The van der Waals surface area contributed by atoms with Crippen LogP contribution in [-0.2, 0) is 15.4 Å². The molecular formula is C19H26F3N2O5PS. The molecule has 2 aromatic rings. The monoisotopic (exact) mass is 482 g/mol. The number of rotatable bonds is 13. The Kier molecular flexibility index (Phi) is 10.6. The fraction of sp³-hybridized carbons (Fsp3) is 0.526. The van der Waals surface area contributed by atoms with Crippen molar-refractivity contribution in [3.8, 4) is 16.2 Å². The third-order valence-electron chi connectivity index (χ3n) is 4.16. The predicted octanol–water partition coefficient (Wildman–Crippen LogP) is 4.64. The number of ether oxygens (including phenoxy) is 2. The molecule has 2 rings (SSSR count). The summed E-state index contributed by atoms with van der Waals surface area (Å²) in [6, 6.07) is 3.08. The SMILES string of the molecule is CCCCCOCCOc1ccc(-c2cnc(C(N)COP(O)O)s2)cc1C(F)(F)F. The van der Waals surface area contributed by atoms with Gasteiger partial charge in [-0.2, -0.15) is 13.2 Å². The van der Waals surface area contributed by atoms with Crippen molar-refractivity contribution < 1.29 is 37.0 Å². The number of nitrogens with two attached hydrogens (primary N) is 1. The molecule has 1 atom stereocenters. The number of halogens is 3. The zero-order valence-electron chi connectivity index (χ0n) is 17.0. The summed E-state index contributed by atoms with van der Waals surface area (Å²) in [6.07, 6.45) is -0.158. The van der Waals surface area contributed by atoms with Gasteiger partial charge in [-0.15, -0.1) is 11.3 Å². The minimum Gasteiger partial charge on any atom is -0.491 e. The number of nitrogens with zero attached hydrogens (tertiary/aromatic N) is 1. The van der Waals surface area contributed by atoms with Crippen LogP contribution in [0.15, 0.2) is 24.4 Å². The molecule has 12 heteroatoms. The van der Waals surface area contributed by atoms with Crippen LogP contribution in [0.25, 0.3) is 10.4 Å². The molecule has 4 N–H and O–H groups in total. The zero-order chi connectivity index (χ0) is 22.9. The van der Waals surface area contributed by atoms with Crippen molar-refractivity contribution in [2.75, 3.05) is 26.4 Å². The van der Waals surface area contributed by atoms with Crippen LogP contribution in [0.2, 0.25) is 0 Å². The molecule has 0 saturated carbocycles. The number of benzene rings is 1. The summed E-state index contributed by atoms with van der Waals surface area (Å²) in [5.74, 6) is -0.262. The molecule has 0 fully saturated rings. The molecule has 1 aromatic carbocycles. The van der Waals surface area contributed by atoms with E-state index in [1.54, 1.807) is 0 Å². The van der Waals surface area contributed by atoms with Gasteiger partial charge in [0, 0.05) is 12.8 Å². The van der Waals surface area contributed by atoms with Gasteiger partial charge in [0.1, 0.15) is 17.4 Å². The van der Waals surface area contributed by atoms with E-state index in [-0.39, 0.29) is 25.6 Å². The third-order valence-corrected chi connectivity index (χ3v) is 5.72. The summed E-state index contributed by atoms with van der Waals surface area (Å²) in [6.45, 7) is 2.69. The molecular weight excluding hydrogens is 456 g/mol. The highest BCUT2D eigenvalue weighted by Gasteiger charge is 2.35. The molecule has 31 heavy (non-hydrogen) atoms. The first-order valence-electron chi connectivity index (χ1n) is 9.66. The quantitative estimate of drug-likeness (QED) is 0.282. The van der Waals surface area contributed by atoms with E-state index >= 15 is 0 Å². The Morgan fingerprint density at radius 3 is 2.65 bits per heavy atom. The van der Waals surface area contributed by atoms with Crippen molar-refractivity contribution in [3.63, 3.8) is 0 Å². The average molecular weight is 482 g/mol. The summed E-state index contributed by atoms with van der Waals surface area (Å²) in [4.78, 5) is 22.2. The first-order valence-corrected chi connectivity index (χ1v) is 11.6. The molecule has 0 aliphatic heterocycles. The molecule has 1 heterocycles. The molecule has 174 valence electrons. The van der Waals surface area contributed by atoms with Crippen molar-refractivity contribution in [2.45, 2.75) is 38.4 Å². The van der Waals surface area contributed by atoms with Crippen LogP contribution < -0.4 is 10.5 Å². The number of alkyl halides is 3. The fourth-order valence-corrected chi connectivity index (χ4v) is 3.80. The van der Waals surface area contributed by atoms with Gasteiger partial charge < -0.3 is 29.5 Å². The topological polar surface area (TPSA) is 107 Å². The first-order chi connectivity index (χ1) is 14.7. The van der Waals surface area contributed by atoms with E-state index in [0.29, 0.717) is 22.1 Å². The Labute approximate surface area is 184 Å². The van der Waals surface area contributed by atoms with E-state index in [2.05, 4.69) is 16.4 Å². The van der Waals surface area contributed by atoms with Gasteiger partial charge in [0.2, 0.25) is 0 Å². The minimum atomic E-state index is -4.59. The van der Waals surface area contributed by atoms with Crippen LogP contribution in [0.3, 0.4) is 0 Å². The average Bonchev–Trinajstić information content (AvgIpc) is 3.21. The van der Waals surface area contributed by atoms with Crippen molar-refractivity contribution in [1.29, 1.82) is 0 Å². The number of thiazole rings is 1. The summed E-state index contributed by atoms with van der Waals surface area (Å²) in [5, 5.41) is 0.404. The second-order valence-electron chi connectivity index (χ2n) is 6.59. The number of hydrogen-bond donors (Lipinski definition) is 3. The van der Waals surface area contributed by atoms with Crippen LogP contribution in [0, 0.1) is 0 Å².